The molecule has 6 heteroatoms. The molecule has 1 aliphatic heterocycles. The lowest BCUT2D eigenvalue weighted by molar-refractivity contribution is -0.385. The van der Waals surface area contributed by atoms with Gasteiger partial charge < -0.3 is 5.11 Å². The molecular formula is C13H17N2O3P. The Morgan fingerprint density at radius 3 is 2.68 bits per heavy atom. The Morgan fingerprint density at radius 2 is 2.11 bits per heavy atom. The molecule has 0 saturated carbocycles. The summed E-state index contributed by atoms with van der Waals surface area (Å²) in [5, 5.41) is 20.2. The summed E-state index contributed by atoms with van der Waals surface area (Å²) in [7, 11) is 0.841. The molecule has 1 aliphatic rings. The third-order valence-electron chi connectivity index (χ3n) is 3.29. The van der Waals surface area contributed by atoms with Crippen LogP contribution in [0.2, 0.25) is 0 Å². The standard InChI is InChI=1S/C13H17N2O3P/c1-19-14-6-4-10(5-7-14)8-11-2-3-13(16)12(9-11)15(17)18/h2-3,8-9,16,19H,4-7H2,1H3. The van der Waals surface area contributed by atoms with Crippen LogP contribution in [0, 0.1) is 10.1 Å². The zero-order valence-corrected chi connectivity index (χ0v) is 11.8. The van der Waals surface area contributed by atoms with Crippen molar-refractivity contribution >= 4 is 20.5 Å². The molecule has 1 heterocycles. The maximum atomic E-state index is 10.8. The lowest BCUT2D eigenvalue weighted by Gasteiger charge is -2.26. The summed E-state index contributed by atoms with van der Waals surface area (Å²) in [6.45, 7) is 4.29. The van der Waals surface area contributed by atoms with Crippen molar-refractivity contribution in [1.82, 2.24) is 4.67 Å². The van der Waals surface area contributed by atoms with E-state index >= 15 is 0 Å². The molecule has 102 valence electrons. The Kier molecular flexibility index (Phi) is 4.51. The third kappa shape index (κ3) is 3.52. The summed E-state index contributed by atoms with van der Waals surface area (Å²) in [6, 6.07) is 4.52. The molecule has 1 aromatic rings. The van der Waals surface area contributed by atoms with Gasteiger partial charge in [-0.15, -0.1) is 0 Å². The van der Waals surface area contributed by atoms with E-state index in [1.807, 2.05) is 6.08 Å². The van der Waals surface area contributed by atoms with Crippen LogP contribution in [-0.4, -0.2) is 34.5 Å². The summed E-state index contributed by atoms with van der Waals surface area (Å²) in [5.41, 5.74) is 1.86. The quantitative estimate of drug-likeness (QED) is 0.525. The van der Waals surface area contributed by atoms with Gasteiger partial charge in [-0.05, 0) is 31.1 Å². The smallest absolute Gasteiger partial charge is 0.311 e. The number of benzene rings is 1. The Labute approximate surface area is 113 Å². The van der Waals surface area contributed by atoms with Crippen molar-refractivity contribution in [2.45, 2.75) is 12.8 Å². The highest BCUT2D eigenvalue weighted by atomic mass is 31.1. The van der Waals surface area contributed by atoms with Gasteiger partial charge in [-0.25, -0.2) is 0 Å². The Balaban J connectivity index is 2.15. The van der Waals surface area contributed by atoms with Crippen LogP contribution in [0.3, 0.4) is 0 Å². The first-order valence-corrected chi connectivity index (χ1v) is 7.64. The van der Waals surface area contributed by atoms with Gasteiger partial charge in [0.2, 0.25) is 0 Å². The largest absolute Gasteiger partial charge is 0.502 e. The molecule has 2 rings (SSSR count). The van der Waals surface area contributed by atoms with E-state index in [1.54, 1.807) is 6.07 Å². The lowest BCUT2D eigenvalue weighted by atomic mass is 10.0. The maximum Gasteiger partial charge on any atom is 0.311 e. The number of nitrogens with zero attached hydrogens (tertiary/aromatic N) is 2. The van der Waals surface area contributed by atoms with Gasteiger partial charge in [-0.3, -0.25) is 14.8 Å². The van der Waals surface area contributed by atoms with E-state index in [0.717, 1.165) is 40.2 Å². The van der Waals surface area contributed by atoms with Gasteiger partial charge in [0.15, 0.2) is 5.75 Å². The van der Waals surface area contributed by atoms with Crippen LogP contribution >= 0.6 is 8.73 Å². The number of phenolic OH excluding ortho intramolecular Hbond substituents is 1. The van der Waals surface area contributed by atoms with Gasteiger partial charge in [0, 0.05) is 19.2 Å². The highest BCUT2D eigenvalue weighted by Crippen LogP contribution is 2.29. The molecule has 1 aromatic carbocycles. The van der Waals surface area contributed by atoms with Gasteiger partial charge >= 0.3 is 5.69 Å². The first-order chi connectivity index (χ1) is 9.10. The molecule has 1 N–H and O–H groups in total. The summed E-state index contributed by atoms with van der Waals surface area (Å²) < 4.78 is 2.41. The number of aromatic hydroxyl groups is 1. The van der Waals surface area contributed by atoms with Gasteiger partial charge in [0.05, 0.1) is 4.92 Å². The number of piperidine rings is 1. The monoisotopic (exact) mass is 280 g/mol. The number of hydrogen-bond donors (Lipinski definition) is 1. The molecule has 1 saturated heterocycles. The molecule has 0 amide bonds. The molecule has 0 bridgehead atoms. The van der Waals surface area contributed by atoms with Gasteiger partial charge in [-0.1, -0.05) is 26.4 Å². The summed E-state index contributed by atoms with van der Waals surface area (Å²) in [5.74, 6) is -0.283. The fourth-order valence-corrected chi connectivity index (χ4v) is 2.84. The molecule has 0 spiro atoms. The van der Waals surface area contributed by atoms with E-state index in [-0.39, 0.29) is 11.4 Å². The van der Waals surface area contributed by atoms with Crippen molar-refractivity contribution in [3.63, 3.8) is 0 Å². The van der Waals surface area contributed by atoms with Crippen LogP contribution in [0.25, 0.3) is 6.08 Å². The molecule has 0 aliphatic carbocycles. The molecule has 5 nitrogen and oxygen atoms in total. The topological polar surface area (TPSA) is 66.6 Å². The van der Waals surface area contributed by atoms with Crippen LogP contribution in [0.4, 0.5) is 5.69 Å². The average Bonchev–Trinajstić information content (AvgIpc) is 2.41. The third-order valence-corrected chi connectivity index (χ3v) is 4.37. The summed E-state index contributed by atoms with van der Waals surface area (Å²) in [4.78, 5) is 10.2. The number of nitro groups is 1. The first kappa shape index (κ1) is 14.0. The summed E-state index contributed by atoms with van der Waals surface area (Å²) >= 11 is 0. The molecule has 0 aromatic heterocycles. The highest BCUT2D eigenvalue weighted by molar-refractivity contribution is 7.34. The number of rotatable bonds is 3. The average molecular weight is 280 g/mol. The predicted molar refractivity (Wildman–Crippen MR) is 77.8 cm³/mol. The normalized spacial score (nSPS) is 17.0. The second-order valence-electron chi connectivity index (χ2n) is 4.52. The minimum atomic E-state index is -0.557. The van der Waals surface area contributed by atoms with E-state index in [0.29, 0.717) is 0 Å². The predicted octanol–water partition coefficient (Wildman–Crippen LogP) is 3.00. The van der Waals surface area contributed by atoms with E-state index in [4.69, 9.17) is 0 Å². The SMILES string of the molecule is CPN1CCC(=Cc2ccc(O)c([N+](=O)[O-])c2)CC1. The second kappa shape index (κ2) is 6.13. The zero-order valence-electron chi connectivity index (χ0n) is 10.8. The van der Waals surface area contributed by atoms with E-state index in [2.05, 4.69) is 11.3 Å². The van der Waals surface area contributed by atoms with Crippen LogP contribution in [0.5, 0.6) is 5.75 Å². The Bertz CT molecular complexity index is 507. The van der Waals surface area contributed by atoms with E-state index < -0.39 is 4.92 Å². The second-order valence-corrected chi connectivity index (χ2v) is 5.60. The minimum absolute atomic E-state index is 0.234. The van der Waals surface area contributed by atoms with E-state index in [9.17, 15) is 15.2 Å². The van der Waals surface area contributed by atoms with Crippen molar-refractivity contribution < 1.29 is 10.0 Å². The Hall–Kier alpha value is -1.45. The van der Waals surface area contributed by atoms with Crippen LogP contribution in [-0.2, 0) is 0 Å². The van der Waals surface area contributed by atoms with Crippen LogP contribution in [0.1, 0.15) is 18.4 Å². The molecule has 1 atom stereocenters. The van der Waals surface area contributed by atoms with Crippen molar-refractivity contribution in [3.05, 3.63) is 39.4 Å². The van der Waals surface area contributed by atoms with Crippen LogP contribution < -0.4 is 0 Å². The molecular weight excluding hydrogens is 263 g/mol. The number of nitro benzene ring substituents is 1. The fraction of sp³-hybridized carbons (Fsp3) is 0.385. The molecule has 19 heavy (non-hydrogen) atoms. The van der Waals surface area contributed by atoms with Gasteiger partial charge in [0.1, 0.15) is 0 Å². The molecule has 1 unspecified atom stereocenters. The highest BCUT2D eigenvalue weighted by Gasteiger charge is 2.15. The van der Waals surface area contributed by atoms with Crippen molar-refractivity contribution in [2.24, 2.45) is 0 Å². The van der Waals surface area contributed by atoms with Gasteiger partial charge in [0.25, 0.3) is 0 Å². The minimum Gasteiger partial charge on any atom is -0.502 e. The fourth-order valence-electron chi connectivity index (χ4n) is 2.17. The van der Waals surface area contributed by atoms with E-state index in [1.165, 1.54) is 17.7 Å². The van der Waals surface area contributed by atoms with Crippen molar-refractivity contribution in [2.75, 3.05) is 19.8 Å². The summed E-state index contributed by atoms with van der Waals surface area (Å²) in [6.07, 6.45) is 4.02. The zero-order chi connectivity index (χ0) is 13.8. The van der Waals surface area contributed by atoms with Crippen molar-refractivity contribution in [3.8, 4) is 5.75 Å². The first-order valence-electron chi connectivity index (χ1n) is 6.19. The van der Waals surface area contributed by atoms with Crippen molar-refractivity contribution in [1.29, 1.82) is 0 Å². The maximum absolute atomic E-state index is 10.8. The van der Waals surface area contributed by atoms with Crippen LogP contribution in [0.15, 0.2) is 23.8 Å². The Morgan fingerprint density at radius 1 is 1.42 bits per heavy atom. The van der Waals surface area contributed by atoms with Gasteiger partial charge in [-0.2, -0.15) is 0 Å². The molecule has 1 fully saturated rings. The molecule has 0 radical (unpaired) electrons. The number of phenols is 1. The number of hydrogen-bond acceptors (Lipinski definition) is 4. The lowest BCUT2D eigenvalue weighted by Crippen LogP contribution is -2.22.